The van der Waals surface area contributed by atoms with Gasteiger partial charge in [0.2, 0.25) is 0 Å². The number of terminal acetylenes is 1. The van der Waals surface area contributed by atoms with Gasteiger partial charge in [0.05, 0.1) is 0 Å². The summed E-state index contributed by atoms with van der Waals surface area (Å²) in [6.45, 7) is 2.32. The van der Waals surface area contributed by atoms with Crippen molar-refractivity contribution < 1.29 is 59.9 Å². The van der Waals surface area contributed by atoms with E-state index in [0.717, 1.165) is 8.48 Å². The Kier molecular flexibility index (Phi) is 13.9. The molecule has 0 aliphatic heterocycles. The van der Waals surface area contributed by atoms with Crippen molar-refractivity contribution in [3.8, 4) is 12.3 Å². The first-order valence-corrected chi connectivity index (χ1v) is 16.5. The van der Waals surface area contributed by atoms with Gasteiger partial charge in [-0.2, -0.15) is 0 Å². The van der Waals surface area contributed by atoms with Crippen molar-refractivity contribution in [2.24, 2.45) is 0 Å². The molecule has 0 fully saturated rings. The van der Waals surface area contributed by atoms with Gasteiger partial charge in [0.1, 0.15) is 0 Å². The molecule has 0 heterocycles. The maximum absolute atomic E-state index is 5.20. The molecule has 0 aromatic heterocycles. The third-order valence-electron chi connectivity index (χ3n) is 0.909. The monoisotopic (exact) mass is 618 g/mol. The number of rotatable bonds is 7. The summed E-state index contributed by atoms with van der Waals surface area (Å²) in [5.74, 6) is 2.73. The van der Waals surface area contributed by atoms with Crippen molar-refractivity contribution >= 4 is 18.6 Å². The van der Waals surface area contributed by atoms with Gasteiger partial charge in [-0.25, -0.2) is 0 Å². The minimum atomic E-state index is 0.262. The molecular weight excluding hydrogens is 606 g/mol. The van der Waals surface area contributed by atoms with E-state index >= 15 is 0 Å². The van der Waals surface area contributed by atoms with Crippen LogP contribution in [0.3, 0.4) is 0 Å². The molecule has 76 valence electrons. The zero-order valence-corrected chi connectivity index (χ0v) is 15.4. The Hall–Kier alpha value is 2.44. The second kappa shape index (κ2) is 11.5. The number of hydrogen-bond donors (Lipinski definition) is 1. The molecule has 0 saturated carbocycles. The first-order valence-electron chi connectivity index (χ1n) is 3.36. The fraction of sp³-hybridized carbons (Fsp3) is 0.714. The van der Waals surface area contributed by atoms with Crippen LogP contribution in [0.5, 0.6) is 0 Å². The summed E-state index contributed by atoms with van der Waals surface area (Å²) in [6, 6.07) is 0. The van der Waals surface area contributed by atoms with Crippen LogP contribution in [0, 0.1) is 12.3 Å². The fourth-order valence-corrected chi connectivity index (χ4v) is 13.9. The summed E-state index contributed by atoms with van der Waals surface area (Å²) in [5.41, 5.74) is 0. The van der Waals surface area contributed by atoms with Crippen molar-refractivity contribution in [1.29, 1.82) is 0 Å². The molecule has 1 N–H and O–H groups in total. The van der Waals surface area contributed by atoms with Gasteiger partial charge in [-0.3, -0.25) is 0 Å². The molecule has 0 amide bonds. The molecule has 0 spiro atoms. The molecule has 0 aromatic rings. The zero-order chi connectivity index (χ0) is 9.23. The molecule has 0 unspecified atom stereocenters. The Morgan fingerprint density at radius 3 is 2.92 bits per heavy atom. The van der Waals surface area contributed by atoms with Crippen LogP contribution in [-0.2, 0) is 0 Å². The van der Waals surface area contributed by atoms with Crippen molar-refractivity contribution in [1.82, 2.24) is 3.53 Å². The Bertz CT molecular complexity index is 134. The topological polar surface area (TPSA) is 12.0 Å². The summed E-state index contributed by atoms with van der Waals surface area (Å²) in [6.07, 6.45) is 5.20. The number of alkyl halides is 4. The second-order valence-electron chi connectivity index (χ2n) is 1.86. The molecule has 0 aliphatic carbocycles. The first-order chi connectivity index (χ1) is 5.81. The van der Waals surface area contributed by atoms with Crippen molar-refractivity contribution in [2.45, 2.75) is 11.0 Å². The molecule has 0 rings (SSSR count). The average Bonchev–Trinajstić information content (AvgIpc) is 2.05. The normalized spacial score (nSPS) is 13.4. The van der Waals surface area contributed by atoms with Gasteiger partial charge < -0.3 is 0 Å². The molecule has 0 bridgehead atoms. The molecule has 0 radical (unpaired) electrons. The van der Waals surface area contributed by atoms with Crippen LogP contribution in [0.2, 0.25) is 0 Å². The van der Waals surface area contributed by atoms with Crippen molar-refractivity contribution in [3.05, 3.63) is 0 Å². The maximum atomic E-state index is 5.20. The average molecular weight is 618 g/mol. The van der Waals surface area contributed by atoms with E-state index in [4.69, 9.17) is 6.42 Å². The third-order valence-corrected chi connectivity index (χ3v) is 12.0. The summed E-state index contributed by atoms with van der Waals surface area (Å²) >= 11 is 3.50. The molecule has 1 atom stereocenters. The molecule has 0 aromatic carbocycles. The van der Waals surface area contributed by atoms with Gasteiger partial charge in [-0.1, -0.05) is 0 Å². The SMILES string of the molecule is C#CC[I-]CC[I-][C@H](C)N[I-]I. The van der Waals surface area contributed by atoms with E-state index in [9.17, 15) is 0 Å². The van der Waals surface area contributed by atoms with Crippen LogP contribution in [0.15, 0.2) is 0 Å². The molecule has 5 heteroatoms. The Balaban J connectivity index is 3.04. The van der Waals surface area contributed by atoms with Crippen LogP contribution < -0.4 is 63.4 Å². The quantitative estimate of drug-likeness (QED) is 0.0749. The van der Waals surface area contributed by atoms with Crippen molar-refractivity contribution in [3.63, 3.8) is 0 Å². The van der Waals surface area contributed by atoms with Gasteiger partial charge in [0, 0.05) is 0 Å². The van der Waals surface area contributed by atoms with Gasteiger partial charge in [-0.15, -0.1) is 0 Å². The van der Waals surface area contributed by atoms with E-state index in [1.165, 1.54) is 8.86 Å². The van der Waals surface area contributed by atoms with Gasteiger partial charge >= 0.3 is 119 Å². The van der Waals surface area contributed by atoms with E-state index in [0.29, 0.717) is 42.4 Å². The van der Waals surface area contributed by atoms with Gasteiger partial charge in [0.25, 0.3) is 0 Å². The summed E-state index contributed by atoms with van der Waals surface area (Å²) in [5, 5.41) is 0. The van der Waals surface area contributed by atoms with Crippen LogP contribution in [0.1, 0.15) is 6.92 Å². The van der Waals surface area contributed by atoms with E-state index in [1.54, 1.807) is 0 Å². The molecule has 12 heavy (non-hydrogen) atoms. The van der Waals surface area contributed by atoms with Gasteiger partial charge in [-0.05, 0) is 0 Å². The fourth-order valence-electron chi connectivity index (χ4n) is 0.463. The van der Waals surface area contributed by atoms with E-state index in [2.05, 4.69) is 35.0 Å². The van der Waals surface area contributed by atoms with Crippen LogP contribution >= 0.6 is 18.6 Å². The summed E-state index contributed by atoms with van der Waals surface area (Å²) in [7, 11) is 0. The molecular formula is C7H12I4N-3. The van der Waals surface area contributed by atoms with E-state index < -0.39 is 0 Å². The molecule has 0 aliphatic rings. The summed E-state index contributed by atoms with van der Waals surface area (Å²) < 4.78 is 8.38. The van der Waals surface area contributed by atoms with Crippen LogP contribution in [0.25, 0.3) is 0 Å². The predicted octanol–water partition coefficient (Wildman–Crippen LogP) is -7.91. The van der Waals surface area contributed by atoms with Crippen molar-refractivity contribution in [2.75, 3.05) is 13.3 Å². The number of nitrogens with one attached hydrogen (secondary N) is 1. The Labute approximate surface area is 116 Å². The predicted molar refractivity (Wildman–Crippen MR) is 50.1 cm³/mol. The molecule has 1 nitrogen and oxygen atoms in total. The zero-order valence-electron chi connectivity index (χ0n) is 6.79. The third kappa shape index (κ3) is 10.5. The van der Waals surface area contributed by atoms with E-state index in [-0.39, 0.29) is 17.5 Å². The van der Waals surface area contributed by atoms with Gasteiger partial charge in [0.15, 0.2) is 0 Å². The molecule has 0 saturated heterocycles. The minimum absolute atomic E-state index is 0.262. The van der Waals surface area contributed by atoms with E-state index in [1.807, 2.05) is 0 Å². The summed E-state index contributed by atoms with van der Waals surface area (Å²) in [4.78, 5) is 0. The number of halogens is 4. The van der Waals surface area contributed by atoms with Crippen LogP contribution in [0.4, 0.5) is 0 Å². The van der Waals surface area contributed by atoms with Crippen LogP contribution in [-0.4, -0.2) is 17.3 Å². The Morgan fingerprint density at radius 2 is 2.33 bits per heavy atom. The standard InChI is InChI=1S/C7H12I4N/c1-3-4-9-5-6-10-7(2)12-11-8/h1,7,12H,4-6H2,2H3/q-3/t7-/m0/s1. The second-order valence-corrected chi connectivity index (χ2v) is 12.4. The first kappa shape index (κ1) is 14.4. The number of hydrogen-bond acceptors (Lipinski definition) is 1. The Morgan fingerprint density at radius 1 is 1.58 bits per heavy atom.